The monoisotopic (exact) mass is 313 g/mol. The second kappa shape index (κ2) is 8.93. The van der Waals surface area contributed by atoms with Crippen molar-refractivity contribution in [2.45, 2.75) is 39.0 Å². The fourth-order valence-electron chi connectivity index (χ4n) is 2.31. The molecule has 122 valence electrons. The van der Waals surface area contributed by atoms with Gasteiger partial charge in [0.1, 0.15) is 5.75 Å². The summed E-state index contributed by atoms with van der Waals surface area (Å²) in [7, 11) is 0. The van der Waals surface area contributed by atoms with E-state index in [4.69, 9.17) is 9.84 Å². The van der Waals surface area contributed by atoms with Crippen LogP contribution in [-0.2, 0) is 0 Å². The molecule has 0 saturated heterocycles. The molecule has 0 bridgehead atoms. The van der Waals surface area contributed by atoms with Crippen LogP contribution in [-0.4, -0.2) is 22.7 Å². The van der Waals surface area contributed by atoms with E-state index in [1.165, 1.54) is 31.9 Å². The molecule has 0 aliphatic rings. The van der Waals surface area contributed by atoms with E-state index in [0.717, 1.165) is 30.0 Å². The second-order valence-electron chi connectivity index (χ2n) is 5.52. The van der Waals surface area contributed by atoms with Crippen LogP contribution in [0.1, 0.15) is 49.4 Å². The molecule has 0 spiro atoms. The van der Waals surface area contributed by atoms with Gasteiger partial charge in [-0.15, -0.1) is 0 Å². The number of hydrogen-bond acceptors (Lipinski definition) is 3. The average molecular weight is 313 g/mol. The number of ether oxygens (including phenoxy) is 1. The standard InChI is InChI=1S/C19H23NO3/c1-2-3-4-5-6-13-23-17-10-7-15(8-11-17)18-12-9-16(14-20-18)19(21)22/h7-12,14H,2-6,13H2,1H3,(H,21,22). The lowest BCUT2D eigenvalue weighted by molar-refractivity contribution is 0.0696. The van der Waals surface area contributed by atoms with Gasteiger partial charge in [0.2, 0.25) is 0 Å². The zero-order valence-corrected chi connectivity index (χ0v) is 13.5. The van der Waals surface area contributed by atoms with E-state index in [1.54, 1.807) is 12.1 Å². The van der Waals surface area contributed by atoms with E-state index < -0.39 is 5.97 Å². The Morgan fingerprint density at radius 2 is 1.78 bits per heavy atom. The number of aromatic nitrogens is 1. The van der Waals surface area contributed by atoms with Crippen LogP contribution in [0.4, 0.5) is 0 Å². The van der Waals surface area contributed by atoms with E-state index in [0.29, 0.717) is 0 Å². The van der Waals surface area contributed by atoms with Gasteiger partial charge in [0.25, 0.3) is 0 Å². The summed E-state index contributed by atoms with van der Waals surface area (Å²) in [6, 6.07) is 11.0. The molecule has 1 aromatic carbocycles. The number of hydrogen-bond donors (Lipinski definition) is 1. The van der Waals surface area contributed by atoms with Gasteiger partial charge < -0.3 is 9.84 Å². The van der Waals surface area contributed by atoms with Crippen molar-refractivity contribution in [3.05, 3.63) is 48.2 Å². The molecule has 0 unspecified atom stereocenters. The summed E-state index contributed by atoms with van der Waals surface area (Å²) in [5.41, 5.74) is 1.88. The molecule has 0 aliphatic heterocycles. The molecule has 4 heteroatoms. The van der Waals surface area contributed by atoms with Crippen molar-refractivity contribution in [2.75, 3.05) is 6.61 Å². The fraction of sp³-hybridized carbons (Fsp3) is 0.368. The lowest BCUT2D eigenvalue weighted by Crippen LogP contribution is -1.98. The highest BCUT2D eigenvalue weighted by molar-refractivity contribution is 5.87. The number of rotatable bonds is 9. The van der Waals surface area contributed by atoms with Gasteiger partial charge in [-0.1, -0.05) is 32.6 Å². The lowest BCUT2D eigenvalue weighted by Gasteiger charge is -2.07. The Labute approximate surface area is 137 Å². The van der Waals surface area contributed by atoms with Crippen LogP contribution in [0, 0.1) is 0 Å². The molecular weight excluding hydrogens is 290 g/mol. The zero-order chi connectivity index (χ0) is 16.5. The highest BCUT2D eigenvalue weighted by atomic mass is 16.5. The summed E-state index contributed by atoms with van der Waals surface area (Å²) in [4.78, 5) is 15.0. The van der Waals surface area contributed by atoms with E-state index in [-0.39, 0.29) is 5.56 Å². The van der Waals surface area contributed by atoms with Gasteiger partial charge in [0.05, 0.1) is 17.9 Å². The third-order valence-electron chi connectivity index (χ3n) is 3.68. The maximum absolute atomic E-state index is 10.8. The number of carboxylic acid groups (broad SMARTS) is 1. The first-order valence-electron chi connectivity index (χ1n) is 8.13. The molecule has 0 radical (unpaired) electrons. The first-order chi connectivity index (χ1) is 11.2. The summed E-state index contributed by atoms with van der Waals surface area (Å²) >= 11 is 0. The molecule has 23 heavy (non-hydrogen) atoms. The number of carboxylic acids is 1. The molecule has 0 aliphatic carbocycles. The fourth-order valence-corrected chi connectivity index (χ4v) is 2.31. The minimum absolute atomic E-state index is 0.191. The van der Waals surface area contributed by atoms with Crippen molar-refractivity contribution in [2.24, 2.45) is 0 Å². The highest BCUT2D eigenvalue weighted by Crippen LogP contribution is 2.21. The Kier molecular flexibility index (Phi) is 6.60. The topological polar surface area (TPSA) is 59.4 Å². The molecule has 4 nitrogen and oxygen atoms in total. The van der Waals surface area contributed by atoms with Crippen molar-refractivity contribution in [3.63, 3.8) is 0 Å². The van der Waals surface area contributed by atoms with E-state index >= 15 is 0 Å². The molecule has 0 atom stereocenters. The average Bonchev–Trinajstić information content (AvgIpc) is 2.58. The van der Waals surface area contributed by atoms with Gasteiger partial charge in [0.15, 0.2) is 0 Å². The van der Waals surface area contributed by atoms with Crippen LogP contribution in [0.25, 0.3) is 11.3 Å². The van der Waals surface area contributed by atoms with Crippen LogP contribution < -0.4 is 4.74 Å². The van der Waals surface area contributed by atoms with Gasteiger partial charge >= 0.3 is 5.97 Å². The highest BCUT2D eigenvalue weighted by Gasteiger charge is 2.04. The summed E-state index contributed by atoms with van der Waals surface area (Å²) in [5.74, 6) is -0.113. The van der Waals surface area contributed by atoms with Crippen LogP contribution in [0.2, 0.25) is 0 Å². The number of unbranched alkanes of at least 4 members (excludes halogenated alkanes) is 4. The molecular formula is C19H23NO3. The predicted octanol–water partition coefficient (Wildman–Crippen LogP) is 4.80. The van der Waals surface area contributed by atoms with Gasteiger partial charge in [-0.3, -0.25) is 4.98 Å². The molecule has 0 fully saturated rings. The van der Waals surface area contributed by atoms with Gasteiger partial charge in [-0.05, 0) is 42.8 Å². The second-order valence-corrected chi connectivity index (χ2v) is 5.52. The van der Waals surface area contributed by atoms with E-state index in [1.807, 2.05) is 24.3 Å². The van der Waals surface area contributed by atoms with Gasteiger partial charge in [-0.25, -0.2) is 4.79 Å². The van der Waals surface area contributed by atoms with Crippen LogP contribution in [0.3, 0.4) is 0 Å². The van der Waals surface area contributed by atoms with Crippen LogP contribution in [0.15, 0.2) is 42.6 Å². The molecule has 2 rings (SSSR count). The summed E-state index contributed by atoms with van der Waals surface area (Å²) in [6.45, 7) is 2.96. The van der Waals surface area contributed by atoms with Crippen molar-refractivity contribution in [1.82, 2.24) is 4.98 Å². The zero-order valence-electron chi connectivity index (χ0n) is 13.5. The first-order valence-corrected chi connectivity index (χ1v) is 8.13. The normalized spacial score (nSPS) is 10.5. The summed E-state index contributed by atoms with van der Waals surface area (Å²) in [5, 5.41) is 8.88. The SMILES string of the molecule is CCCCCCCOc1ccc(-c2ccc(C(=O)O)cn2)cc1. The maximum atomic E-state index is 10.8. The largest absolute Gasteiger partial charge is 0.494 e. The maximum Gasteiger partial charge on any atom is 0.337 e. The molecule has 1 N–H and O–H groups in total. The van der Waals surface area contributed by atoms with Crippen molar-refractivity contribution < 1.29 is 14.6 Å². The smallest absolute Gasteiger partial charge is 0.337 e. The van der Waals surface area contributed by atoms with Gasteiger partial charge in [0, 0.05) is 11.8 Å². The number of aromatic carboxylic acids is 1. The molecule has 2 aromatic rings. The number of benzene rings is 1. The van der Waals surface area contributed by atoms with Crippen molar-refractivity contribution in [1.29, 1.82) is 0 Å². The molecule has 1 heterocycles. The van der Waals surface area contributed by atoms with Crippen molar-refractivity contribution >= 4 is 5.97 Å². The molecule has 1 aromatic heterocycles. The van der Waals surface area contributed by atoms with Crippen LogP contribution >= 0.6 is 0 Å². The lowest BCUT2D eigenvalue weighted by atomic mass is 10.1. The van der Waals surface area contributed by atoms with E-state index in [2.05, 4.69) is 11.9 Å². The minimum Gasteiger partial charge on any atom is -0.494 e. The minimum atomic E-state index is -0.966. The Balaban J connectivity index is 1.85. The third kappa shape index (κ3) is 5.40. The number of pyridine rings is 1. The van der Waals surface area contributed by atoms with E-state index in [9.17, 15) is 4.79 Å². The quantitative estimate of drug-likeness (QED) is 0.676. The van der Waals surface area contributed by atoms with Gasteiger partial charge in [-0.2, -0.15) is 0 Å². The Hall–Kier alpha value is -2.36. The number of nitrogens with zero attached hydrogens (tertiary/aromatic N) is 1. The van der Waals surface area contributed by atoms with Crippen molar-refractivity contribution in [3.8, 4) is 17.0 Å². The first kappa shape index (κ1) is 17.0. The number of carbonyl (C=O) groups is 1. The molecule has 0 saturated carbocycles. The third-order valence-corrected chi connectivity index (χ3v) is 3.68. The Bertz CT molecular complexity index is 606. The summed E-state index contributed by atoms with van der Waals surface area (Å²) in [6.07, 6.45) is 7.49. The Morgan fingerprint density at radius 3 is 2.39 bits per heavy atom. The summed E-state index contributed by atoms with van der Waals surface area (Å²) < 4.78 is 5.73. The molecule has 0 amide bonds. The predicted molar refractivity (Wildman–Crippen MR) is 90.9 cm³/mol. The Morgan fingerprint density at radius 1 is 1.04 bits per heavy atom. The van der Waals surface area contributed by atoms with Crippen LogP contribution in [0.5, 0.6) is 5.75 Å².